The molecule has 1 amide bonds. The molecule has 0 saturated carbocycles. The number of nitrogens with one attached hydrogen (secondary N) is 2. The standard InChI is InChI=1S/C13H17BrN2O2/c1-3-5-15-12-8-6-9(14)11(18-4-2)7-10(8)16-13(12)17/h6-7,12,15H,3-5H2,1-2H3,(H,16,17). The number of carbonyl (C=O) groups excluding carboxylic acids is 1. The smallest absolute Gasteiger partial charge is 0.246 e. The van der Waals surface area contributed by atoms with E-state index >= 15 is 0 Å². The number of hydrogen-bond acceptors (Lipinski definition) is 3. The molecule has 0 fully saturated rings. The van der Waals surface area contributed by atoms with Crippen LogP contribution in [0.1, 0.15) is 31.9 Å². The van der Waals surface area contributed by atoms with Gasteiger partial charge in [0.1, 0.15) is 11.8 Å². The van der Waals surface area contributed by atoms with E-state index in [9.17, 15) is 4.79 Å². The molecule has 1 atom stereocenters. The average molecular weight is 313 g/mol. The largest absolute Gasteiger partial charge is 0.493 e. The number of ether oxygens (including phenoxy) is 1. The Balaban J connectivity index is 2.29. The van der Waals surface area contributed by atoms with Crippen LogP contribution in [0.2, 0.25) is 0 Å². The van der Waals surface area contributed by atoms with Crippen molar-refractivity contribution in [3.63, 3.8) is 0 Å². The first-order valence-electron chi connectivity index (χ1n) is 6.17. The molecule has 0 radical (unpaired) electrons. The van der Waals surface area contributed by atoms with E-state index in [1.165, 1.54) is 0 Å². The predicted octanol–water partition coefficient (Wildman–Crippen LogP) is 2.84. The molecular weight excluding hydrogens is 296 g/mol. The van der Waals surface area contributed by atoms with Gasteiger partial charge in [-0.1, -0.05) is 6.92 Å². The van der Waals surface area contributed by atoms with Crippen molar-refractivity contribution in [2.75, 3.05) is 18.5 Å². The molecule has 1 heterocycles. The number of carbonyl (C=O) groups is 1. The fourth-order valence-electron chi connectivity index (χ4n) is 2.02. The van der Waals surface area contributed by atoms with Crippen molar-refractivity contribution < 1.29 is 9.53 Å². The van der Waals surface area contributed by atoms with Crippen LogP contribution in [-0.4, -0.2) is 19.1 Å². The SMILES string of the molecule is CCCNC1C(=O)Nc2cc(OCC)c(Br)cc21. The summed E-state index contributed by atoms with van der Waals surface area (Å²) in [5, 5.41) is 6.12. The number of halogens is 1. The fourth-order valence-corrected chi connectivity index (χ4v) is 2.49. The Morgan fingerprint density at radius 2 is 2.22 bits per heavy atom. The zero-order valence-electron chi connectivity index (χ0n) is 10.5. The van der Waals surface area contributed by atoms with Gasteiger partial charge in [-0.15, -0.1) is 0 Å². The van der Waals surface area contributed by atoms with Gasteiger partial charge >= 0.3 is 0 Å². The van der Waals surface area contributed by atoms with E-state index in [0.717, 1.165) is 34.4 Å². The normalized spacial score (nSPS) is 17.5. The van der Waals surface area contributed by atoms with E-state index in [4.69, 9.17) is 4.74 Å². The zero-order valence-corrected chi connectivity index (χ0v) is 12.1. The van der Waals surface area contributed by atoms with Crippen LogP contribution in [0, 0.1) is 0 Å². The summed E-state index contributed by atoms with van der Waals surface area (Å²) in [5.74, 6) is 0.756. The van der Waals surface area contributed by atoms with Gasteiger partial charge in [0.2, 0.25) is 5.91 Å². The fraction of sp³-hybridized carbons (Fsp3) is 0.462. The Morgan fingerprint density at radius 3 is 2.89 bits per heavy atom. The lowest BCUT2D eigenvalue weighted by molar-refractivity contribution is -0.117. The monoisotopic (exact) mass is 312 g/mol. The number of anilines is 1. The molecule has 1 aromatic rings. The molecule has 1 aliphatic rings. The topological polar surface area (TPSA) is 50.4 Å². The van der Waals surface area contributed by atoms with Crippen molar-refractivity contribution in [3.05, 3.63) is 22.2 Å². The molecule has 2 rings (SSSR count). The Labute approximate surface area is 115 Å². The van der Waals surface area contributed by atoms with E-state index in [1.807, 2.05) is 19.1 Å². The van der Waals surface area contributed by atoms with Gasteiger partial charge in [0.25, 0.3) is 0 Å². The lowest BCUT2D eigenvalue weighted by atomic mass is 10.1. The number of hydrogen-bond donors (Lipinski definition) is 2. The van der Waals surface area contributed by atoms with E-state index in [0.29, 0.717) is 6.61 Å². The Hall–Kier alpha value is -1.07. The summed E-state index contributed by atoms with van der Waals surface area (Å²) in [6.07, 6.45) is 0.997. The van der Waals surface area contributed by atoms with Gasteiger partial charge in [0.05, 0.1) is 11.1 Å². The van der Waals surface area contributed by atoms with Gasteiger partial charge in [-0.25, -0.2) is 0 Å². The van der Waals surface area contributed by atoms with Crippen LogP contribution in [0.3, 0.4) is 0 Å². The predicted molar refractivity (Wildman–Crippen MR) is 75.0 cm³/mol. The molecule has 0 saturated heterocycles. The summed E-state index contributed by atoms with van der Waals surface area (Å²) in [4.78, 5) is 11.9. The molecule has 1 aromatic carbocycles. The maximum atomic E-state index is 11.9. The van der Waals surface area contributed by atoms with Crippen molar-refractivity contribution in [3.8, 4) is 5.75 Å². The number of amides is 1. The second-order valence-electron chi connectivity index (χ2n) is 4.18. The maximum Gasteiger partial charge on any atom is 0.246 e. The molecular formula is C13H17BrN2O2. The van der Waals surface area contributed by atoms with Crippen LogP contribution in [0.5, 0.6) is 5.75 Å². The Kier molecular flexibility index (Phi) is 4.24. The van der Waals surface area contributed by atoms with Crippen LogP contribution in [0.15, 0.2) is 16.6 Å². The molecule has 5 heteroatoms. The lowest BCUT2D eigenvalue weighted by Crippen LogP contribution is -2.27. The molecule has 98 valence electrons. The molecule has 1 aliphatic heterocycles. The summed E-state index contributed by atoms with van der Waals surface area (Å²) < 4.78 is 6.37. The zero-order chi connectivity index (χ0) is 13.1. The van der Waals surface area contributed by atoms with Gasteiger partial charge in [-0.2, -0.15) is 0 Å². The summed E-state index contributed by atoms with van der Waals surface area (Å²) in [6.45, 7) is 5.43. The molecule has 4 nitrogen and oxygen atoms in total. The van der Waals surface area contributed by atoms with Gasteiger partial charge in [0, 0.05) is 17.3 Å². The second kappa shape index (κ2) is 5.71. The van der Waals surface area contributed by atoms with E-state index in [-0.39, 0.29) is 11.9 Å². The van der Waals surface area contributed by atoms with E-state index < -0.39 is 0 Å². The molecule has 0 spiro atoms. The van der Waals surface area contributed by atoms with Crippen molar-refractivity contribution >= 4 is 27.5 Å². The average Bonchev–Trinajstić information content (AvgIpc) is 2.63. The molecule has 1 unspecified atom stereocenters. The van der Waals surface area contributed by atoms with Crippen LogP contribution in [0.4, 0.5) is 5.69 Å². The highest BCUT2D eigenvalue weighted by Gasteiger charge is 2.31. The Bertz CT molecular complexity index is 463. The van der Waals surface area contributed by atoms with Crippen molar-refractivity contribution in [1.29, 1.82) is 0 Å². The lowest BCUT2D eigenvalue weighted by Gasteiger charge is -2.12. The van der Waals surface area contributed by atoms with Crippen LogP contribution in [0.25, 0.3) is 0 Å². The summed E-state index contributed by atoms with van der Waals surface area (Å²) in [5.41, 5.74) is 1.81. The van der Waals surface area contributed by atoms with Crippen molar-refractivity contribution in [2.24, 2.45) is 0 Å². The quantitative estimate of drug-likeness (QED) is 0.879. The third kappa shape index (κ3) is 2.52. The van der Waals surface area contributed by atoms with E-state index in [2.05, 4.69) is 33.5 Å². The number of rotatable bonds is 5. The molecule has 18 heavy (non-hydrogen) atoms. The minimum absolute atomic E-state index is 0.000927. The summed E-state index contributed by atoms with van der Waals surface area (Å²) in [6, 6.07) is 3.56. The van der Waals surface area contributed by atoms with Gasteiger partial charge < -0.3 is 15.4 Å². The molecule has 0 aliphatic carbocycles. The summed E-state index contributed by atoms with van der Waals surface area (Å²) in [7, 11) is 0. The molecule has 0 aromatic heterocycles. The first-order valence-corrected chi connectivity index (χ1v) is 6.97. The first kappa shape index (κ1) is 13.4. The second-order valence-corrected chi connectivity index (χ2v) is 5.03. The van der Waals surface area contributed by atoms with Crippen LogP contribution >= 0.6 is 15.9 Å². The van der Waals surface area contributed by atoms with Crippen molar-refractivity contribution in [2.45, 2.75) is 26.3 Å². The van der Waals surface area contributed by atoms with Gasteiger partial charge in [-0.3, -0.25) is 4.79 Å². The van der Waals surface area contributed by atoms with E-state index in [1.54, 1.807) is 0 Å². The molecule has 0 bridgehead atoms. The van der Waals surface area contributed by atoms with Gasteiger partial charge in [-0.05, 0) is 41.9 Å². The maximum absolute atomic E-state index is 11.9. The van der Waals surface area contributed by atoms with Crippen molar-refractivity contribution in [1.82, 2.24) is 5.32 Å². The third-order valence-electron chi connectivity index (χ3n) is 2.83. The van der Waals surface area contributed by atoms with Crippen LogP contribution in [-0.2, 0) is 4.79 Å². The minimum atomic E-state index is -0.257. The molecule has 2 N–H and O–H groups in total. The third-order valence-corrected chi connectivity index (χ3v) is 3.45. The number of benzene rings is 1. The highest BCUT2D eigenvalue weighted by Crippen LogP contribution is 2.38. The van der Waals surface area contributed by atoms with Gasteiger partial charge in [0.15, 0.2) is 0 Å². The first-order chi connectivity index (χ1) is 8.67. The number of fused-ring (bicyclic) bond motifs is 1. The summed E-state index contributed by atoms with van der Waals surface area (Å²) >= 11 is 3.47. The highest BCUT2D eigenvalue weighted by molar-refractivity contribution is 9.10. The Morgan fingerprint density at radius 1 is 1.44 bits per heavy atom. The van der Waals surface area contributed by atoms with Crippen LogP contribution < -0.4 is 15.4 Å². The minimum Gasteiger partial charge on any atom is -0.493 e. The highest BCUT2D eigenvalue weighted by atomic mass is 79.9.